The summed E-state index contributed by atoms with van der Waals surface area (Å²) in [5.41, 5.74) is 8.51. The third-order valence-electron chi connectivity index (χ3n) is 4.49. The molecule has 0 amide bonds. The molecule has 1 unspecified atom stereocenters. The van der Waals surface area contributed by atoms with Crippen molar-refractivity contribution in [2.75, 3.05) is 12.0 Å². The van der Waals surface area contributed by atoms with Gasteiger partial charge in [-0.2, -0.15) is 0 Å². The molecule has 0 radical (unpaired) electrons. The van der Waals surface area contributed by atoms with E-state index in [-0.39, 0.29) is 0 Å². The van der Waals surface area contributed by atoms with Gasteiger partial charge in [-0.25, -0.2) is 0 Å². The summed E-state index contributed by atoms with van der Waals surface area (Å²) in [5.74, 6) is 0.998. The van der Waals surface area contributed by atoms with Crippen LogP contribution >= 0.6 is 0 Å². The van der Waals surface area contributed by atoms with Crippen LogP contribution in [0.5, 0.6) is 5.75 Å². The zero-order valence-corrected chi connectivity index (χ0v) is 16.1. The van der Waals surface area contributed by atoms with Crippen LogP contribution in [0.2, 0.25) is 0 Å². The Morgan fingerprint density at radius 1 is 0.929 bits per heavy atom. The number of nitrogen functional groups attached to an aromatic ring is 1. The molecule has 0 saturated carbocycles. The van der Waals surface area contributed by atoms with Crippen molar-refractivity contribution < 1.29 is 8.95 Å². The molecule has 4 rings (SSSR count). The molecule has 3 aromatic carbocycles. The van der Waals surface area contributed by atoms with Crippen LogP contribution in [0.15, 0.2) is 77.7 Å². The van der Waals surface area contributed by atoms with Crippen molar-refractivity contribution in [1.29, 1.82) is 0 Å². The van der Waals surface area contributed by atoms with Crippen molar-refractivity contribution >= 4 is 27.4 Å². The SMILES string of the molecule is CS(=O)c1ccc(-c2nnc(N)c3ccccc23)c(OCc2ccccc2)c1. The lowest BCUT2D eigenvalue weighted by Crippen LogP contribution is -2.01. The van der Waals surface area contributed by atoms with Gasteiger partial charge in [0.2, 0.25) is 0 Å². The van der Waals surface area contributed by atoms with Gasteiger partial charge in [0.25, 0.3) is 0 Å². The van der Waals surface area contributed by atoms with E-state index in [1.165, 1.54) is 0 Å². The summed E-state index contributed by atoms with van der Waals surface area (Å²) in [7, 11) is -1.12. The smallest absolute Gasteiger partial charge is 0.154 e. The highest BCUT2D eigenvalue weighted by Gasteiger charge is 2.15. The van der Waals surface area contributed by atoms with E-state index in [0.29, 0.717) is 28.8 Å². The number of benzene rings is 3. The molecule has 28 heavy (non-hydrogen) atoms. The minimum absolute atomic E-state index is 0.386. The quantitative estimate of drug-likeness (QED) is 0.554. The average Bonchev–Trinajstić information content (AvgIpc) is 2.73. The van der Waals surface area contributed by atoms with Crippen molar-refractivity contribution in [2.24, 2.45) is 0 Å². The molecule has 0 spiro atoms. The molecule has 140 valence electrons. The number of hydrogen-bond acceptors (Lipinski definition) is 5. The van der Waals surface area contributed by atoms with Crippen LogP contribution < -0.4 is 10.5 Å². The third kappa shape index (κ3) is 3.59. The van der Waals surface area contributed by atoms with E-state index in [0.717, 1.165) is 21.9 Å². The predicted molar refractivity (Wildman–Crippen MR) is 112 cm³/mol. The molecule has 0 saturated heterocycles. The fourth-order valence-electron chi connectivity index (χ4n) is 3.06. The highest BCUT2D eigenvalue weighted by atomic mass is 32.2. The molecule has 6 heteroatoms. The Morgan fingerprint density at radius 2 is 1.64 bits per heavy atom. The number of aromatic nitrogens is 2. The summed E-state index contributed by atoms with van der Waals surface area (Å²) >= 11 is 0. The van der Waals surface area contributed by atoms with Gasteiger partial charge < -0.3 is 10.5 Å². The molecular weight excluding hydrogens is 370 g/mol. The minimum atomic E-state index is -1.12. The van der Waals surface area contributed by atoms with Crippen LogP contribution in [0.4, 0.5) is 5.82 Å². The van der Waals surface area contributed by atoms with Crippen LogP contribution in [-0.2, 0) is 17.4 Å². The fourth-order valence-corrected chi connectivity index (χ4v) is 3.59. The zero-order chi connectivity index (χ0) is 19.5. The van der Waals surface area contributed by atoms with Gasteiger partial charge in [0.1, 0.15) is 18.1 Å². The van der Waals surface area contributed by atoms with Crippen molar-refractivity contribution in [3.8, 4) is 17.0 Å². The lowest BCUT2D eigenvalue weighted by atomic mass is 10.0. The van der Waals surface area contributed by atoms with Gasteiger partial charge in [0.15, 0.2) is 5.82 Å². The molecule has 4 aromatic rings. The van der Waals surface area contributed by atoms with Crippen molar-refractivity contribution in [2.45, 2.75) is 11.5 Å². The monoisotopic (exact) mass is 389 g/mol. The Kier molecular flexibility index (Phi) is 5.04. The molecule has 2 N–H and O–H groups in total. The molecule has 0 aliphatic carbocycles. The minimum Gasteiger partial charge on any atom is -0.488 e. The van der Waals surface area contributed by atoms with E-state index in [1.807, 2.05) is 66.7 Å². The topological polar surface area (TPSA) is 78.1 Å². The van der Waals surface area contributed by atoms with E-state index >= 15 is 0 Å². The van der Waals surface area contributed by atoms with E-state index < -0.39 is 10.8 Å². The normalized spacial score (nSPS) is 12.0. The highest BCUT2D eigenvalue weighted by Crippen LogP contribution is 2.36. The summed E-state index contributed by atoms with van der Waals surface area (Å²) in [6.45, 7) is 0.397. The van der Waals surface area contributed by atoms with Crippen molar-refractivity contribution in [1.82, 2.24) is 10.2 Å². The Labute approximate surface area is 165 Å². The Hall–Kier alpha value is -3.25. The van der Waals surface area contributed by atoms with E-state index in [1.54, 1.807) is 12.3 Å². The van der Waals surface area contributed by atoms with Gasteiger partial charge in [-0.15, -0.1) is 10.2 Å². The molecule has 0 bridgehead atoms. The van der Waals surface area contributed by atoms with Gasteiger partial charge in [0.05, 0.1) is 0 Å². The molecular formula is C22H19N3O2S. The standard InChI is InChI=1S/C22H19N3O2S/c1-28(26)16-11-12-19(20(13-16)27-14-15-7-3-2-4-8-15)21-17-9-5-6-10-18(17)22(23)25-24-21/h2-13H,14H2,1H3,(H2,23,25). The molecule has 1 aromatic heterocycles. The summed E-state index contributed by atoms with van der Waals surface area (Å²) in [6.07, 6.45) is 1.65. The van der Waals surface area contributed by atoms with E-state index in [9.17, 15) is 4.21 Å². The molecule has 0 aliphatic rings. The Bertz CT molecular complexity index is 1160. The van der Waals surface area contributed by atoms with Crippen LogP contribution in [0, 0.1) is 0 Å². The summed E-state index contributed by atoms with van der Waals surface area (Å²) < 4.78 is 18.1. The second kappa shape index (κ2) is 7.78. The van der Waals surface area contributed by atoms with Gasteiger partial charge in [-0.05, 0) is 23.8 Å². The molecule has 0 aliphatic heterocycles. The van der Waals surface area contributed by atoms with Crippen LogP contribution in [0.3, 0.4) is 0 Å². The van der Waals surface area contributed by atoms with Crippen LogP contribution in [0.1, 0.15) is 5.56 Å². The maximum Gasteiger partial charge on any atom is 0.154 e. The first kappa shape index (κ1) is 18.1. The zero-order valence-electron chi connectivity index (χ0n) is 15.3. The maximum atomic E-state index is 12.0. The summed E-state index contributed by atoms with van der Waals surface area (Å²) in [5, 5.41) is 10.2. The van der Waals surface area contributed by atoms with Gasteiger partial charge in [-0.1, -0.05) is 54.6 Å². The average molecular weight is 389 g/mol. The lowest BCUT2D eigenvalue weighted by molar-refractivity contribution is 0.306. The second-order valence-corrected chi connectivity index (χ2v) is 7.75. The van der Waals surface area contributed by atoms with Crippen molar-refractivity contribution in [3.63, 3.8) is 0 Å². The molecule has 1 heterocycles. The van der Waals surface area contributed by atoms with E-state index in [4.69, 9.17) is 10.5 Å². The predicted octanol–water partition coefficient (Wildman–Crippen LogP) is 4.20. The number of nitrogens with two attached hydrogens (primary N) is 1. The Morgan fingerprint density at radius 3 is 2.39 bits per heavy atom. The van der Waals surface area contributed by atoms with Crippen LogP contribution in [0.25, 0.3) is 22.0 Å². The van der Waals surface area contributed by atoms with E-state index in [2.05, 4.69) is 10.2 Å². The highest BCUT2D eigenvalue weighted by molar-refractivity contribution is 7.84. The van der Waals surface area contributed by atoms with Gasteiger partial charge >= 0.3 is 0 Å². The molecule has 0 fully saturated rings. The maximum absolute atomic E-state index is 12.0. The third-order valence-corrected chi connectivity index (χ3v) is 5.41. The number of anilines is 1. The largest absolute Gasteiger partial charge is 0.488 e. The number of fused-ring (bicyclic) bond motifs is 1. The first-order valence-corrected chi connectivity index (χ1v) is 10.3. The number of nitrogens with zero attached hydrogens (tertiary/aromatic N) is 2. The first-order valence-electron chi connectivity index (χ1n) is 8.79. The van der Waals surface area contributed by atoms with Crippen molar-refractivity contribution in [3.05, 3.63) is 78.4 Å². The summed E-state index contributed by atoms with van der Waals surface area (Å²) in [4.78, 5) is 0.694. The number of hydrogen-bond donors (Lipinski definition) is 1. The molecule has 1 atom stereocenters. The molecule has 5 nitrogen and oxygen atoms in total. The first-order chi connectivity index (χ1) is 13.6. The fraction of sp³-hybridized carbons (Fsp3) is 0.0909. The number of ether oxygens (including phenoxy) is 1. The van der Waals surface area contributed by atoms with Gasteiger partial charge in [-0.3, -0.25) is 4.21 Å². The van der Waals surface area contributed by atoms with Crippen LogP contribution in [-0.4, -0.2) is 20.7 Å². The summed E-state index contributed by atoms with van der Waals surface area (Å²) in [6, 6.07) is 23.1. The number of rotatable bonds is 5. The second-order valence-electron chi connectivity index (χ2n) is 6.37. The van der Waals surface area contributed by atoms with Gasteiger partial charge in [0, 0.05) is 38.3 Å². The Balaban J connectivity index is 1.83. The lowest BCUT2D eigenvalue weighted by Gasteiger charge is -2.14.